The maximum atomic E-state index is 12.8. The van der Waals surface area contributed by atoms with Gasteiger partial charge < -0.3 is 9.32 Å². The summed E-state index contributed by atoms with van der Waals surface area (Å²) in [5, 5.41) is 9.35. The number of aryl methyl sites for hydroxylation is 1. The summed E-state index contributed by atoms with van der Waals surface area (Å²) < 4.78 is 32.6. The zero-order valence-electron chi connectivity index (χ0n) is 16.7. The summed E-state index contributed by atoms with van der Waals surface area (Å²) in [6.07, 6.45) is 1.71. The van der Waals surface area contributed by atoms with Gasteiger partial charge in [0, 0.05) is 45.3 Å². The molecule has 0 radical (unpaired) electrons. The fourth-order valence-corrected chi connectivity index (χ4v) is 5.58. The molecule has 9 heteroatoms. The van der Waals surface area contributed by atoms with Crippen molar-refractivity contribution in [3.8, 4) is 6.07 Å². The SMILES string of the molecule is Cc1oc(C(=O)N2CCN(C(C#N)C(C)C)CC2)cc1S(=O)(=O)N1CCCC1. The van der Waals surface area contributed by atoms with E-state index in [1.165, 1.54) is 10.4 Å². The average Bonchev–Trinajstić information content (AvgIpc) is 3.32. The molecule has 0 spiro atoms. The summed E-state index contributed by atoms with van der Waals surface area (Å²) in [5.41, 5.74) is 0. The van der Waals surface area contributed by atoms with Gasteiger partial charge in [-0.05, 0) is 25.7 Å². The molecular formula is C19H28N4O4S. The van der Waals surface area contributed by atoms with Crippen LogP contribution >= 0.6 is 0 Å². The minimum Gasteiger partial charge on any atom is -0.455 e. The predicted molar refractivity (Wildman–Crippen MR) is 103 cm³/mol. The van der Waals surface area contributed by atoms with Crippen LogP contribution in [-0.2, 0) is 10.0 Å². The second-order valence-corrected chi connectivity index (χ2v) is 9.69. The number of hydrogen-bond acceptors (Lipinski definition) is 6. The number of amides is 1. The summed E-state index contributed by atoms with van der Waals surface area (Å²) >= 11 is 0. The molecule has 3 rings (SSSR count). The van der Waals surface area contributed by atoms with Crippen LogP contribution in [0.4, 0.5) is 0 Å². The summed E-state index contributed by atoms with van der Waals surface area (Å²) in [6.45, 7) is 8.82. The van der Waals surface area contributed by atoms with Gasteiger partial charge in [-0.25, -0.2) is 8.42 Å². The summed E-state index contributed by atoms with van der Waals surface area (Å²) in [4.78, 5) is 16.7. The first-order valence-corrected chi connectivity index (χ1v) is 11.2. The Labute approximate surface area is 166 Å². The van der Waals surface area contributed by atoms with Gasteiger partial charge in [-0.15, -0.1) is 0 Å². The highest BCUT2D eigenvalue weighted by atomic mass is 32.2. The van der Waals surface area contributed by atoms with Gasteiger partial charge in [0.25, 0.3) is 5.91 Å². The van der Waals surface area contributed by atoms with Gasteiger partial charge in [-0.1, -0.05) is 13.8 Å². The molecule has 28 heavy (non-hydrogen) atoms. The van der Waals surface area contributed by atoms with Crippen LogP contribution in [0.2, 0.25) is 0 Å². The van der Waals surface area contributed by atoms with E-state index in [-0.39, 0.29) is 34.3 Å². The molecular weight excluding hydrogens is 380 g/mol. The fraction of sp³-hybridized carbons (Fsp3) is 0.684. The number of carbonyl (C=O) groups excluding carboxylic acids is 1. The van der Waals surface area contributed by atoms with Crippen molar-refractivity contribution in [2.75, 3.05) is 39.3 Å². The van der Waals surface area contributed by atoms with Crippen LogP contribution in [0.1, 0.15) is 43.0 Å². The van der Waals surface area contributed by atoms with Gasteiger partial charge in [-0.2, -0.15) is 9.57 Å². The standard InChI is InChI=1S/C19H28N4O4S/c1-14(2)16(13-20)21-8-10-22(11-9-21)19(24)17-12-18(15(3)27-17)28(25,26)23-6-4-5-7-23/h12,14,16H,4-11H2,1-3H3. The lowest BCUT2D eigenvalue weighted by atomic mass is 10.0. The Kier molecular flexibility index (Phi) is 6.12. The van der Waals surface area contributed by atoms with Crippen molar-refractivity contribution in [2.45, 2.75) is 44.6 Å². The van der Waals surface area contributed by atoms with Crippen molar-refractivity contribution in [3.63, 3.8) is 0 Å². The summed E-state index contributed by atoms with van der Waals surface area (Å²) in [5.74, 6) is 0.227. The smallest absolute Gasteiger partial charge is 0.289 e. The molecule has 1 amide bonds. The van der Waals surface area contributed by atoms with E-state index in [0.29, 0.717) is 39.3 Å². The molecule has 1 aromatic heterocycles. The van der Waals surface area contributed by atoms with Crippen molar-refractivity contribution in [1.82, 2.24) is 14.1 Å². The number of furan rings is 1. The Balaban J connectivity index is 1.70. The maximum Gasteiger partial charge on any atom is 0.289 e. The third-order valence-electron chi connectivity index (χ3n) is 5.52. The maximum absolute atomic E-state index is 12.8. The van der Waals surface area contributed by atoms with Crippen LogP contribution in [-0.4, -0.2) is 73.7 Å². The molecule has 2 saturated heterocycles. The molecule has 8 nitrogen and oxygen atoms in total. The van der Waals surface area contributed by atoms with Crippen molar-refractivity contribution >= 4 is 15.9 Å². The number of nitrogens with zero attached hydrogens (tertiary/aromatic N) is 4. The molecule has 1 unspecified atom stereocenters. The highest BCUT2D eigenvalue weighted by Crippen LogP contribution is 2.27. The minimum absolute atomic E-state index is 0.0596. The van der Waals surface area contributed by atoms with Crippen LogP contribution in [0.5, 0.6) is 0 Å². The number of carbonyl (C=O) groups is 1. The Hall–Kier alpha value is -1.89. The largest absolute Gasteiger partial charge is 0.455 e. The van der Waals surface area contributed by atoms with Crippen molar-refractivity contribution in [3.05, 3.63) is 17.6 Å². The summed E-state index contributed by atoms with van der Waals surface area (Å²) in [7, 11) is -3.62. The molecule has 0 saturated carbocycles. The molecule has 2 fully saturated rings. The van der Waals surface area contributed by atoms with E-state index < -0.39 is 10.0 Å². The topological polar surface area (TPSA) is 97.9 Å². The van der Waals surface area contributed by atoms with Gasteiger partial charge in [0.1, 0.15) is 16.7 Å². The van der Waals surface area contributed by atoms with E-state index >= 15 is 0 Å². The Morgan fingerprint density at radius 2 is 1.75 bits per heavy atom. The van der Waals surface area contributed by atoms with E-state index in [1.54, 1.807) is 11.8 Å². The normalized spacial score (nSPS) is 20.5. The summed E-state index contributed by atoms with van der Waals surface area (Å²) in [6, 6.07) is 3.53. The number of piperazine rings is 1. The predicted octanol–water partition coefficient (Wildman–Crippen LogP) is 1.68. The quantitative estimate of drug-likeness (QED) is 0.735. The van der Waals surface area contributed by atoms with Gasteiger partial charge in [-0.3, -0.25) is 9.69 Å². The van der Waals surface area contributed by atoms with Gasteiger partial charge in [0.2, 0.25) is 10.0 Å². The third kappa shape index (κ3) is 3.95. The van der Waals surface area contributed by atoms with Gasteiger partial charge >= 0.3 is 0 Å². The first-order valence-electron chi connectivity index (χ1n) is 9.79. The molecule has 1 atom stereocenters. The van der Waals surface area contributed by atoms with E-state index in [9.17, 15) is 18.5 Å². The van der Waals surface area contributed by atoms with Gasteiger partial charge in [0.05, 0.1) is 6.07 Å². The van der Waals surface area contributed by atoms with Crippen LogP contribution in [0.15, 0.2) is 15.4 Å². The van der Waals surface area contributed by atoms with E-state index in [0.717, 1.165) is 12.8 Å². The molecule has 2 aliphatic heterocycles. The first-order chi connectivity index (χ1) is 13.3. The second kappa shape index (κ2) is 8.23. The van der Waals surface area contributed by atoms with Crippen LogP contribution in [0.3, 0.4) is 0 Å². The lowest BCUT2D eigenvalue weighted by Crippen LogP contribution is -2.52. The van der Waals surface area contributed by atoms with E-state index in [1.807, 2.05) is 13.8 Å². The second-order valence-electron chi connectivity index (χ2n) is 7.79. The number of nitriles is 1. The molecule has 0 aliphatic carbocycles. The molecule has 2 aliphatic rings. The Bertz CT molecular complexity index is 857. The van der Waals surface area contributed by atoms with Crippen molar-refractivity contribution in [2.24, 2.45) is 5.92 Å². The number of hydrogen-bond donors (Lipinski definition) is 0. The van der Waals surface area contributed by atoms with Crippen LogP contribution < -0.4 is 0 Å². The third-order valence-corrected chi connectivity index (χ3v) is 7.53. The average molecular weight is 409 g/mol. The highest BCUT2D eigenvalue weighted by molar-refractivity contribution is 7.89. The molecule has 1 aromatic rings. The lowest BCUT2D eigenvalue weighted by Gasteiger charge is -2.37. The fourth-order valence-electron chi connectivity index (χ4n) is 3.91. The van der Waals surface area contributed by atoms with Crippen LogP contribution in [0, 0.1) is 24.2 Å². The number of rotatable bonds is 5. The Morgan fingerprint density at radius 1 is 1.14 bits per heavy atom. The van der Waals surface area contributed by atoms with E-state index in [2.05, 4.69) is 11.0 Å². The molecule has 3 heterocycles. The molecule has 0 N–H and O–H groups in total. The number of sulfonamides is 1. The molecule has 0 aromatic carbocycles. The Morgan fingerprint density at radius 3 is 2.29 bits per heavy atom. The van der Waals surface area contributed by atoms with Crippen molar-refractivity contribution < 1.29 is 17.6 Å². The molecule has 154 valence electrons. The van der Waals surface area contributed by atoms with E-state index in [4.69, 9.17) is 4.42 Å². The zero-order chi connectivity index (χ0) is 20.5. The highest BCUT2D eigenvalue weighted by Gasteiger charge is 2.34. The van der Waals surface area contributed by atoms with Crippen molar-refractivity contribution in [1.29, 1.82) is 5.26 Å². The van der Waals surface area contributed by atoms with Crippen LogP contribution in [0.25, 0.3) is 0 Å². The minimum atomic E-state index is -3.62. The zero-order valence-corrected chi connectivity index (χ0v) is 17.5. The lowest BCUT2D eigenvalue weighted by molar-refractivity contribution is 0.0547. The molecule has 0 bridgehead atoms. The van der Waals surface area contributed by atoms with Gasteiger partial charge in [0.15, 0.2) is 5.76 Å². The first kappa shape index (κ1) is 20.8. The monoisotopic (exact) mass is 408 g/mol.